The van der Waals surface area contributed by atoms with Crippen LogP contribution in [0, 0.1) is 24.1 Å². The molecule has 1 amide bonds. The Balaban J connectivity index is 1.94. The van der Waals surface area contributed by atoms with Gasteiger partial charge in [0, 0.05) is 17.1 Å². The third-order valence-electron chi connectivity index (χ3n) is 4.50. The summed E-state index contributed by atoms with van der Waals surface area (Å²) in [7, 11) is 0. The largest absolute Gasteiger partial charge is 0.321 e. The second-order valence-corrected chi connectivity index (χ2v) is 6.99. The van der Waals surface area contributed by atoms with Crippen LogP contribution in [-0.2, 0) is 11.2 Å². The van der Waals surface area contributed by atoms with Gasteiger partial charge in [0.15, 0.2) is 0 Å². The van der Waals surface area contributed by atoms with Crippen LogP contribution >= 0.6 is 11.6 Å². The van der Waals surface area contributed by atoms with Gasteiger partial charge in [-0.1, -0.05) is 54.1 Å². The Labute approximate surface area is 174 Å². The van der Waals surface area contributed by atoms with Gasteiger partial charge >= 0.3 is 0 Å². The number of amides is 1. The Morgan fingerprint density at radius 3 is 2.55 bits per heavy atom. The summed E-state index contributed by atoms with van der Waals surface area (Å²) in [5.41, 5.74) is 3.34. The third-order valence-corrected chi connectivity index (χ3v) is 4.74. The number of halogens is 2. The molecule has 3 aromatic rings. The van der Waals surface area contributed by atoms with Gasteiger partial charge in [0.05, 0.1) is 0 Å². The molecule has 0 saturated carbocycles. The number of anilines is 1. The highest BCUT2D eigenvalue weighted by molar-refractivity contribution is 6.30. The van der Waals surface area contributed by atoms with E-state index in [-0.39, 0.29) is 11.4 Å². The van der Waals surface area contributed by atoms with E-state index in [1.54, 1.807) is 42.5 Å². The first-order chi connectivity index (χ1) is 14.0. The quantitative estimate of drug-likeness (QED) is 0.423. The summed E-state index contributed by atoms with van der Waals surface area (Å²) in [4.78, 5) is 12.6. The maximum Gasteiger partial charge on any atom is 0.266 e. The first kappa shape index (κ1) is 20.3. The topological polar surface area (TPSA) is 52.9 Å². The van der Waals surface area contributed by atoms with Crippen molar-refractivity contribution in [3.05, 3.63) is 105 Å². The molecule has 0 unspecified atom stereocenters. The lowest BCUT2D eigenvalue weighted by Gasteiger charge is -2.10. The summed E-state index contributed by atoms with van der Waals surface area (Å²) in [5.74, 6) is -0.825. The number of nitrogens with zero attached hydrogens (tertiary/aromatic N) is 1. The SMILES string of the molecule is Cc1ccccc1NC(=O)/C(C#N)=C/c1cc(Cl)ccc1Cc1ccccc1F. The van der Waals surface area contributed by atoms with E-state index >= 15 is 0 Å². The summed E-state index contributed by atoms with van der Waals surface area (Å²) in [5, 5.41) is 12.7. The normalized spacial score (nSPS) is 11.0. The van der Waals surface area contributed by atoms with Crippen LogP contribution in [0.2, 0.25) is 5.02 Å². The minimum absolute atomic E-state index is 0.0645. The molecule has 0 aromatic heterocycles. The first-order valence-corrected chi connectivity index (χ1v) is 9.36. The van der Waals surface area contributed by atoms with Crippen molar-refractivity contribution in [2.75, 3.05) is 5.32 Å². The van der Waals surface area contributed by atoms with Gasteiger partial charge in [0.1, 0.15) is 17.5 Å². The lowest BCUT2D eigenvalue weighted by molar-refractivity contribution is -0.112. The average Bonchev–Trinajstić information content (AvgIpc) is 2.71. The number of carbonyl (C=O) groups is 1. The predicted molar refractivity (Wildman–Crippen MR) is 114 cm³/mol. The standard InChI is InChI=1S/C24H18ClFN2O/c1-16-6-2-5-9-23(16)28-24(29)20(15-27)13-19-14-21(25)11-10-17(19)12-18-7-3-4-8-22(18)26/h2-11,13-14H,12H2,1H3,(H,28,29)/b20-13+. The van der Waals surface area contributed by atoms with Crippen molar-refractivity contribution in [1.82, 2.24) is 0 Å². The maximum absolute atomic E-state index is 14.1. The van der Waals surface area contributed by atoms with Crippen LogP contribution in [0.3, 0.4) is 0 Å². The average molecular weight is 405 g/mol. The molecule has 144 valence electrons. The smallest absolute Gasteiger partial charge is 0.266 e. The van der Waals surface area contributed by atoms with E-state index in [0.29, 0.717) is 28.3 Å². The van der Waals surface area contributed by atoms with Crippen molar-refractivity contribution in [3.63, 3.8) is 0 Å². The van der Waals surface area contributed by atoms with E-state index in [0.717, 1.165) is 11.1 Å². The van der Waals surface area contributed by atoms with E-state index in [9.17, 15) is 14.4 Å². The molecule has 3 nitrogen and oxygen atoms in total. The van der Waals surface area contributed by atoms with E-state index in [2.05, 4.69) is 5.32 Å². The summed E-state index contributed by atoms with van der Waals surface area (Å²) >= 11 is 6.12. The summed E-state index contributed by atoms with van der Waals surface area (Å²) in [6.07, 6.45) is 1.80. The Hall–Kier alpha value is -3.42. The molecule has 0 spiro atoms. The molecule has 0 heterocycles. The fraction of sp³-hybridized carbons (Fsp3) is 0.0833. The number of nitrogens with one attached hydrogen (secondary N) is 1. The molecule has 0 bridgehead atoms. The van der Waals surface area contributed by atoms with Gasteiger partial charge in [-0.05, 0) is 59.5 Å². The van der Waals surface area contributed by atoms with E-state index in [4.69, 9.17) is 11.6 Å². The molecular formula is C24H18ClFN2O. The van der Waals surface area contributed by atoms with Gasteiger partial charge in [-0.2, -0.15) is 5.26 Å². The zero-order chi connectivity index (χ0) is 20.8. The molecule has 0 fully saturated rings. The van der Waals surface area contributed by atoms with Crippen molar-refractivity contribution in [2.45, 2.75) is 13.3 Å². The molecule has 0 aliphatic rings. The Kier molecular flexibility index (Phi) is 6.43. The number of aryl methyl sites for hydroxylation is 1. The zero-order valence-electron chi connectivity index (χ0n) is 15.7. The van der Waals surface area contributed by atoms with Crippen molar-refractivity contribution in [1.29, 1.82) is 5.26 Å². The molecule has 0 aliphatic heterocycles. The van der Waals surface area contributed by atoms with Crippen molar-refractivity contribution in [2.24, 2.45) is 0 Å². The highest BCUT2D eigenvalue weighted by Gasteiger charge is 2.13. The highest BCUT2D eigenvalue weighted by atomic mass is 35.5. The van der Waals surface area contributed by atoms with Crippen LogP contribution in [0.1, 0.15) is 22.3 Å². The first-order valence-electron chi connectivity index (χ1n) is 8.98. The highest BCUT2D eigenvalue weighted by Crippen LogP contribution is 2.23. The molecule has 3 aromatic carbocycles. The van der Waals surface area contributed by atoms with Gasteiger partial charge < -0.3 is 5.32 Å². The van der Waals surface area contributed by atoms with Crippen LogP contribution < -0.4 is 5.32 Å². The molecule has 0 aliphatic carbocycles. The van der Waals surface area contributed by atoms with Crippen LogP contribution in [0.4, 0.5) is 10.1 Å². The number of hydrogen-bond donors (Lipinski definition) is 1. The van der Waals surface area contributed by atoms with Gasteiger partial charge in [-0.25, -0.2) is 4.39 Å². The van der Waals surface area contributed by atoms with Crippen LogP contribution in [0.25, 0.3) is 6.08 Å². The van der Waals surface area contributed by atoms with Gasteiger partial charge in [0.2, 0.25) is 0 Å². The van der Waals surface area contributed by atoms with E-state index < -0.39 is 5.91 Å². The monoisotopic (exact) mass is 404 g/mol. The Morgan fingerprint density at radius 1 is 1.10 bits per heavy atom. The fourth-order valence-electron chi connectivity index (χ4n) is 2.91. The van der Waals surface area contributed by atoms with Gasteiger partial charge in [-0.3, -0.25) is 4.79 Å². The second-order valence-electron chi connectivity index (χ2n) is 6.55. The van der Waals surface area contributed by atoms with Gasteiger partial charge in [-0.15, -0.1) is 0 Å². The number of rotatable bonds is 5. The molecular weight excluding hydrogens is 387 g/mol. The van der Waals surface area contributed by atoms with Crippen molar-refractivity contribution in [3.8, 4) is 6.07 Å². The number of para-hydroxylation sites is 1. The minimum Gasteiger partial charge on any atom is -0.321 e. The number of benzene rings is 3. The molecule has 0 atom stereocenters. The second kappa shape index (κ2) is 9.18. The lowest BCUT2D eigenvalue weighted by atomic mass is 9.98. The number of nitriles is 1. The van der Waals surface area contributed by atoms with E-state index in [1.807, 2.05) is 31.2 Å². The lowest BCUT2D eigenvalue weighted by Crippen LogP contribution is -2.14. The number of carbonyl (C=O) groups excluding carboxylic acids is 1. The summed E-state index contributed by atoms with van der Waals surface area (Å²) in [6, 6.07) is 20.9. The number of hydrogen-bond acceptors (Lipinski definition) is 2. The maximum atomic E-state index is 14.1. The van der Waals surface area contributed by atoms with Crippen LogP contribution in [0.5, 0.6) is 0 Å². The molecule has 3 rings (SSSR count). The van der Waals surface area contributed by atoms with Crippen molar-refractivity contribution < 1.29 is 9.18 Å². The fourth-order valence-corrected chi connectivity index (χ4v) is 3.10. The van der Waals surface area contributed by atoms with Crippen LogP contribution in [0.15, 0.2) is 72.3 Å². The van der Waals surface area contributed by atoms with Gasteiger partial charge in [0.25, 0.3) is 5.91 Å². The van der Waals surface area contributed by atoms with E-state index in [1.165, 1.54) is 12.1 Å². The van der Waals surface area contributed by atoms with Crippen LogP contribution in [-0.4, -0.2) is 5.91 Å². The Morgan fingerprint density at radius 2 is 1.83 bits per heavy atom. The molecule has 0 saturated heterocycles. The molecule has 1 N–H and O–H groups in total. The third kappa shape index (κ3) is 5.10. The molecule has 5 heteroatoms. The minimum atomic E-state index is -0.515. The summed E-state index contributed by atoms with van der Waals surface area (Å²) < 4.78 is 14.1. The predicted octanol–water partition coefficient (Wildman–Crippen LogP) is 5.92. The Bertz CT molecular complexity index is 1130. The van der Waals surface area contributed by atoms with Crippen molar-refractivity contribution >= 4 is 29.3 Å². The zero-order valence-corrected chi connectivity index (χ0v) is 16.5. The molecule has 29 heavy (non-hydrogen) atoms. The summed E-state index contributed by atoms with van der Waals surface area (Å²) in [6.45, 7) is 1.87. The molecule has 0 radical (unpaired) electrons.